The van der Waals surface area contributed by atoms with E-state index in [1.165, 1.54) is 0 Å². The third-order valence-electron chi connectivity index (χ3n) is 4.03. The Kier molecular flexibility index (Phi) is 5.11. The van der Waals surface area contributed by atoms with Crippen molar-refractivity contribution in [3.05, 3.63) is 59.4 Å². The van der Waals surface area contributed by atoms with Gasteiger partial charge in [0.1, 0.15) is 12.4 Å². The summed E-state index contributed by atoms with van der Waals surface area (Å²) in [6, 6.07) is 12.4. The van der Waals surface area contributed by atoms with Gasteiger partial charge >= 0.3 is 0 Å². The lowest BCUT2D eigenvalue weighted by Gasteiger charge is -2.11. The normalized spacial score (nSPS) is 11.2. The number of hydrogen-bond acceptors (Lipinski definition) is 6. The standard InChI is InChI=1S/C19H21N3O4/c1-22(21)9-10-25-13-7-5-12(6-8-13)11-16-17(23)14-3-2-4-15(19(20)24)18(14)26-16/h2-8,23H,9-11,21H2,1H3,(H2,20,24). The lowest BCUT2D eigenvalue weighted by atomic mass is 10.1. The van der Waals surface area contributed by atoms with E-state index in [1.54, 1.807) is 30.3 Å². The second-order valence-corrected chi connectivity index (χ2v) is 6.07. The lowest BCUT2D eigenvalue weighted by molar-refractivity contribution is 0.100. The van der Waals surface area contributed by atoms with E-state index in [-0.39, 0.29) is 11.3 Å². The van der Waals surface area contributed by atoms with Crippen LogP contribution in [0.25, 0.3) is 11.0 Å². The molecule has 7 heteroatoms. The lowest BCUT2D eigenvalue weighted by Crippen LogP contribution is -2.30. The number of fused-ring (bicyclic) bond motifs is 1. The van der Waals surface area contributed by atoms with Crippen LogP contribution in [0, 0.1) is 0 Å². The molecule has 0 saturated heterocycles. The summed E-state index contributed by atoms with van der Waals surface area (Å²) >= 11 is 0. The second-order valence-electron chi connectivity index (χ2n) is 6.07. The van der Waals surface area contributed by atoms with Crippen LogP contribution in [0.1, 0.15) is 21.7 Å². The van der Waals surface area contributed by atoms with Crippen LogP contribution in [-0.4, -0.2) is 36.2 Å². The molecule has 1 aromatic heterocycles. The molecule has 0 atom stereocenters. The van der Waals surface area contributed by atoms with Gasteiger partial charge < -0.3 is 20.0 Å². The van der Waals surface area contributed by atoms with Gasteiger partial charge in [-0.05, 0) is 29.8 Å². The Morgan fingerprint density at radius 1 is 1.23 bits per heavy atom. The van der Waals surface area contributed by atoms with E-state index in [0.29, 0.717) is 36.3 Å². The summed E-state index contributed by atoms with van der Waals surface area (Å²) < 4.78 is 11.3. The zero-order chi connectivity index (χ0) is 18.7. The molecular weight excluding hydrogens is 334 g/mol. The van der Waals surface area contributed by atoms with E-state index in [9.17, 15) is 9.90 Å². The molecule has 0 aliphatic heterocycles. The Morgan fingerprint density at radius 2 is 1.96 bits per heavy atom. The van der Waals surface area contributed by atoms with Crippen LogP contribution in [-0.2, 0) is 6.42 Å². The zero-order valence-electron chi connectivity index (χ0n) is 14.4. The summed E-state index contributed by atoms with van der Waals surface area (Å²) in [6.45, 7) is 1.11. The number of carbonyl (C=O) groups is 1. The van der Waals surface area contributed by atoms with Gasteiger partial charge in [-0.1, -0.05) is 18.2 Å². The Labute approximate surface area is 150 Å². The number of likely N-dealkylation sites (N-methyl/N-ethyl adjacent to an activating group) is 1. The number of ether oxygens (including phenoxy) is 1. The highest BCUT2D eigenvalue weighted by atomic mass is 16.5. The van der Waals surface area contributed by atoms with Crippen LogP contribution < -0.4 is 16.3 Å². The zero-order valence-corrected chi connectivity index (χ0v) is 14.4. The third-order valence-corrected chi connectivity index (χ3v) is 4.03. The van der Waals surface area contributed by atoms with Crippen LogP contribution >= 0.6 is 0 Å². The summed E-state index contributed by atoms with van der Waals surface area (Å²) in [4.78, 5) is 11.5. The first-order chi connectivity index (χ1) is 12.5. The molecule has 5 N–H and O–H groups in total. The number of furan rings is 1. The van der Waals surface area contributed by atoms with Gasteiger partial charge in [0, 0.05) is 20.0 Å². The molecular formula is C19H21N3O4. The molecule has 0 fully saturated rings. The largest absolute Gasteiger partial charge is 0.504 e. The van der Waals surface area contributed by atoms with E-state index in [1.807, 2.05) is 24.3 Å². The van der Waals surface area contributed by atoms with E-state index < -0.39 is 5.91 Å². The molecule has 7 nitrogen and oxygen atoms in total. The van der Waals surface area contributed by atoms with Crippen molar-refractivity contribution in [3.8, 4) is 11.5 Å². The molecule has 0 radical (unpaired) electrons. The molecule has 0 aliphatic rings. The number of benzene rings is 2. The van der Waals surface area contributed by atoms with Gasteiger partial charge in [-0.3, -0.25) is 10.6 Å². The summed E-state index contributed by atoms with van der Waals surface area (Å²) in [6.07, 6.45) is 0.379. The van der Waals surface area contributed by atoms with Crippen LogP contribution in [0.2, 0.25) is 0 Å². The maximum Gasteiger partial charge on any atom is 0.252 e. The summed E-state index contributed by atoms with van der Waals surface area (Å²) in [5, 5.41) is 12.4. The molecule has 3 rings (SSSR count). The SMILES string of the molecule is CN(N)CCOc1ccc(Cc2oc3c(C(N)=O)cccc3c2O)cc1. The van der Waals surface area contributed by atoms with Crippen LogP contribution in [0.5, 0.6) is 11.5 Å². The van der Waals surface area contributed by atoms with Gasteiger partial charge in [-0.2, -0.15) is 0 Å². The Morgan fingerprint density at radius 3 is 2.62 bits per heavy atom. The van der Waals surface area contributed by atoms with Gasteiger partial charge in [-0.15, -0.1) is 0 Å². The number of hydrogen-bond donors (Lipinski definition) is 3. The second kappa shape index (κ2) is 7.47. The fourth-order valence-corrected chi connectivity index (χ4v) is 2.67. The average molecular weight is 355 g/mol. The molecule has 26 heavy (non-hydrogen) atoms. The summed E-state index contributed by atoms with van der Waals surface area (Å²) in [7, 11) is 1.77. The number of aromatic hydroxyl groups is 1. The first-order valence-corrected chi connectivity index (χ1v) is 8.16. The van der Waals surface area contributed by atoms with Crippen LogP contribution in [0.4, 0.5) is 0 Å². The number of primary amides is 1. The van der Waals surface area contributed by atoms with Crippen LogP contribution in [0.15, 0.2) is 46.9 Å². The first kappa shape index (κ1) is 17.8. The molecule has 0 saturated carbocycles. The fraction of sp³-hybridized carbons (Fsp3) is 0.211. The van der Waals surface area contributed by atoms with Gasteiger partial charge in [0.15, 0.2) is 17.1 Å². The highest BCUT2D eigenvalue weighted by molar-refractivity contribution is 6.05. The molecule has 1 amide bonds. The number of hydrazine groups is 1. The van der Waals surface area contributed by atoms with E-state index in [2.05, 4.69) is 0 Å². The Balaban J connectivity index is 1.77. The fourth-order valence-electron chi connectivity index (χ4n) is 2.67. The topological polar surface area (TPSA) is 115 Å². The monoisotopic (exact) mass is 355 g/mol. The van der Waals surface area contributed by atoms with Crippen molar-refractivity contribution in [1.29, 1.82) is 0 Å². The van der Waals surface area contributed by atoms with Crippen molar-refractivity contribution in [2.75, 3.05) is 20.2 Å². The van der Waals surface area contributed by atoms with Crippen LogP contribution in [0.3, 0.4) is 0 Å². The van der Waals surface area contributed by atoms with Crippen molar-refractivity contribution in [1.82, 2.24) is 5.01 Å². The maximum absolute atomic E-state index is 11.5. The minimum Gasteiger partial charge on any atom is -0.504 e. The van der Waals surface area contributed by atoms with E-state index >= 15 is 0 Å². The highest BCUT2D eigenvalue weighted by Crippen LogP contribution is 2.35. The predicted molar refractivity (Wildman–Crippen MR) is 98.0 cm³/mol. The molecule has 2 aromatic carbocycles. The average Bonchev–Trinajstić information content (AvgIpc) is 2.92. The van der Waals surface area contributed by atoms with Crippen molar-refractivity contribution in [2.24, 2.45) is 11.6 Å². The Hall–Kier alpha value is -3.03. The molecule has 136 valence electrons. The van der Waals surface area contributed by atoms with E-state index in [4.69, 9.17) is 20.7 Å². The smallest absolute Gasteiger partial charge is 0.252 e. The molecule has 0 aliphatic carbocycles. The number of rotatable bonds is 7. The van der Waals surface area contributed by atoms with Crippen molar-refractivity contribution in [3.63, 3.8) is 0 Å². The van der Waals surface area contributed by atoms with Gasteiger partial charge in [-0.25, -0.2) is 5.01 Å². The Bertz CT molecular complexity index is 916. The quantitative estimate of drug-likeness (QED) is 0.441. The highest BCUT2D eigenvalue weighted by Gasteiger charge is 2.18. The van der Waals surface area contributed by atoms with Crippen molar-refractivity contribution < 1.29 is 19.1 Å². The minimum absolute atomic E-state index is 0.0226. The number of nitrogens with zero attached hydrogens (tertiary/aromatic N) is 1. The number of nitrogens with two attached hydrogens (primary N) is 2. The number of para-hydroxylation sites is 1. The molecule has 0 spiro atoms. The summed E-state index contributed by atoms with van der Waals surface area (Å²) in [5.41, 5.74) is 6.85. The third kappa shape index (κ3) is 3.79. The molecule has 0 unspecified atom stereocenters. The predicted octanol–water partition coefficient (Wildman–Crippen LogP) is 2.01. The number of amides is 1. The van der Waals surface area contributed by atoms with Crippen molar-refractivity contribution in [2.45, 2.75) is 6.42 Å². The summed E-state index contributed by atoms with van der Waals surface area (Å²) in [5.74, 6) is 6.08. The number of carbonyl (C=O) groups excluding carboxylic acids is 1. The van der Waals surface area contributed by atoms with Gasteiger partial charge in [0.25, 0.3) is 5.91 Å². The van der Waals surface area contributed by atoms with E-state index in [0.717, 1.165) is 11.3 Å². The molecule has 1 heterocycles. The molecule has 0 bridgehead atoms. The minimum atomic E-state index is -0.597. The van der Waals surface area contributed by atoms with Crippen molar-refractivity contribution >= 4 is 16.9 Å². The van der Waals surface area contributed by atoms with Gasteiger partial charge in [0.05, 0.1) is 10.9 Å². The van der Waals surface area contributed by atoms with Gasteiger partial charge in [0.2, 0.25) is 0 Å². The maximum atomic E-state index is 11.5. The molecule has 3 aromatic rings. The first-order valence-electron chi connectivity index (χ1n) is 8.16.